The Morgan fingerprint density at radius 3 is 2.92 bits per heavy atom. The molecule has 2 aliphatic rings. The van der Waals surface area contributed by atoms with Crippen LogP contribution >= 0.6 is 0 Å². The predicted octanol–water partition coefficient (Wildman–Crippen LogP) is 3.60. The van der Waals surface area contributed by atoms with Gasteiger partial charge in [0.05, 0.1) is 5.69 Å². The number of imidazole rings is 1. The summed E-state index contributed by atoms with van der Waals surface area (Å²) in [5, 5.41) is 3.73. The zero-order chi connectivity index (χ0) is 17.4. The van der Waals surface area contributed by atoms with E-state index in [4.69, 9.17) is 0 Å². The number of nitrogens with zero attached hydrogens (tertiary/aromatic N) is 3. The standard InChI is InChI=1S/C20H27FN4/c1-14(23-17-7-10-24-9-3-4-18(24)13-17)16-5-6-20(19(21)12-16)25-11-8-22-15(25)2/h5-6,8,11-12,14,17-18,23H,3-4,7,9-10,13H2,1-2H3/t14-,17-,18-/m1/s1. The van der Waals surface area contributed by atoms with Gasteiger partial charge < -0.3 is 14.8 Å². The summed E-state index contributed by atoms with van der Waals surface area (Å²) >= 11 is 0. The third-order valence-electron chi connectivity index (χ3n) is 5.86. The van der Waals surface area contributed by atoms with Gasteiger partial charge in [-0.3, -0.25) is 0 Å². The van der Waals surface area contributed by atoms with Crippen LogP contribution in [0.4, 0.5) is 4.39 Å². The van der Waals surface area contributed by atoms with Crippen LogP contribution in [0.3, 0.4) is 0 Å². The minimum absolute atomic E-state index is 0.158. The van der Waals surface area contributed by atoms with E-state index in [1.165, 1.54) is 38.8 Å². The summed E-state index contributed by atoms with van der Waals surface area (Å²) < 4.78 is 16.4. The molecular formula is C20H27FN4. The van der Waals surface area contributed by atoms with E-state index >= 15 is 0 Å². The van der Waals surface area contributed by atoms with Crippen molar-refractivity contribution in [1.29, 1.82) is 0 Å². The van der Waals surface area contributed by atoms with Gasteiger partial charge in [-0.25, -0.2) is 9.37 Å². The molecule has 3 heterocycles. The molecule has 1 aromatic carbocycles. The molecule has 0 unspecified atom stereocenters. The zero-order valence-electron chi connectivity index (χ0n) is 15.1. The average Bonchev–Trinajstić information content (AvgIpc) is 3.23. The lowest BCUT2D eigenvalue weighted by Crippen LogP contribution is -2.46. The Kier molecular flexibility index (Phi) is 4.61. The molecule has 0 spiro atoms. The van der Waals surface area contributed by atoms with Crippen LogP contribution in [-0.2, 0) is 0 Å². The fraction of sp³-hybridized carbons (Fsp3) is 0.550. The molecular weight excluding hydrogens is 315 g/mol. The number of piperidine rings is 1. The lowest BCUT2D eigenvalue weighted by Gasteiger charge is -2.36. The fourth-order valence-corrected chi connectivity index (χ4v) is 4.45. The van der Waals surface area contributed by atoms with Gasteiger partial charge in [-0.05, 0) is 70.3 Å². The van der Waals surface area contributed by atoms with Gasteiger partial charge in [-0.15, -0.1) is 0 Å². The van der Waals surface area contributed by atoms with Crippen LogP contribution in [0.1, 0.15) is 50.0 Å². The van der Waals surface area contributed by atoms with Crippen LogP contribution in [0.5, 0.6) is 0 Å². The molecule has 1 aromatic heterocycles. The van der Waals surface area contributed by atoms with Crippen molar-refractivity contribution < 1.29 is 4.39 Å². The maximum atomic E-state index is 14.6. The Labute approximate surface area is 149 Å². The minimum Gasteiger partial charge on any atom is -0.307 e. The van der Waals surface area contributed by atoms with Gasteiger partial charge in [0.25, 0.3) is 0 Å². The van der Waals surface area contributed by atoms with Gasteiger partial charge >= 0.3 is 0 Å². The van der Waals surface area contributed by atoms with Crippen molar-refractivity contribution in [2.75, 3.05) is 13.1 Å². The number of hydrogen-bond donors (Lipinski definition) is 1. The van der Waals surface area contributed by atoms with E-state index in [2.05, 4.69) is 22.1 Å². The molecule has 0 bridgehead atoms. The van der Waals surface area contributed by atoms with Crippen LogP contribution in [0.15, 0.2) is 30.6 Å². The minimum atomic E-state index is -0.196. The molecule has 5 heteroatoms. The Hall–Kier alpha value is -1.72. The first-order valence-electron chi connectivity index (χ1n) is 9.41. The van der Waals surface area contributed by atoms with Gasteiger partial charge in [0.15, 0.2) is 0 Å². The van der Waals surface area contributed by atoms with E-state index in [1.807, 2.05) is 19.1 Å². The number of halogens is 1. The number of rotatable bonds is 4. The topological polar surface area (TPSA) is 33.1 Å². The van der Waals surface area contributed by atoms with E-state index in [-0.39, 0.29) is 11.9 Å². The quantitative estimate of drug-likeness (QED) is 0.922. The molecule has 0 aliphatic carbocycles. The lowest BCUT2D eigenvalue weighted by atomic mass is 9.96. The monoisotopic (exact) mass is 342 g/mol. The Morgan fingerprint density at radius 2 is 2.16 bits per heavy atom. The van der Waals surface area contributed by atoms with E-state index < -0.39 is 0 Å². The number of aryl methyl sites for hydroxylation is 1. The predicted molar refractivity (Wildman–Crippen MR) is 97.4 cm³/mol. The van der Waals surface area contributed by atoms with Gasteiger partial charge in [0.1, 0.15) is 11.6 Å². The Bertz CT molecular complexity index is 741. The highest BCUT2D eigenvalue weighted by Gasteiger charge is 2.32. The molecule has 2 saturated heterocycles. The van der Waals surface area contributed by atoms with Gasteiger partial charge in [0, 0.05) is 30.5 Å². The van der Waals surface area contributed by atoms with Crippen molar-refractivity contribution in [2.45, 2.75) is 57.7 Å². The smallest absolute Gasteiger partial charge is 0.147 e. The van der Waals surface area contributed by atoms with Gasteiger partial charge in [-0.2, -0.15) is 0 Å². The van der Waals surface area contributed by atoms with E-state index in [9.17, 15) is 4.39 Å². The maximum Gasteiger partial charge on any atom is 0.147 e. The third-order valence-corrected chi connectivity index (χ3v) is 5.86. The summed E-state index contributed by atoms with van der Waals surface area (Å²) in [5.41, 5.74) is 1.57. The molecule has 0 radical (unpaired) electrons. The van der Waals surface area contributed by atoms with Gasteiger partial charge in [-0.1, -0.05) is 6.07 Å². The highest BCUT2D eigenvalue weighted by molar-refractivity contribution is 5.38. The average molecular weight is 342 g/mol. The van der Waals surface area contributed by atoms with Crippen molar-refractivity contribution in [3.05, 3.63) is 47.8 Å². The van der Waals surface area contributed by atoms with Crippen LogP contribution < -0.4 is 5.32 Å². The maximum absolute atomic E-state index is 14.6. The highest BCUT2D eigenvalue weighted by atomic mass is 19.1. The van der Waals surface area contributed by atoms with Crippen LogP contribution in [-0.4, -0.2) is 39.6 Å². The summed E-state index contributed by atoms with van der Waals surface area (Å²) in [6, 6.07) is 6.99. The normalized spacial score (nSPS) is 25.1. The van der Waals surface area contributed by atoms with Crippen LogP contribution in [0.2, 0.25) is 0 Å². The highest BCUT2D eigenvalue weighted by Crippen LogP contribution is 2.28. The summed E-state index contributed by atoms with van der Waals surface area (Å²) in [4.78, 5) is 6.81. The van der Waals surface area contributed by atoms with E-state index in [0.717, 1.165) is 17.4 Å². The summed E-state index contributed by atoms with van der Waals surface area (Å²) in [5.74, 6) is 0.596. The molecule has 3 atom stereocenters. The molecule has 0 amide bonds. The Morgan fingerprint density at radius 1 is 1.28 bits per heavy atom. The molecule has 2 aliphatic heterocycles. The second-order valence-corrected chi connectivity index (χ2v) is 7.50. The lowest BCUT2D eigenvalue weighted by molar-refractivity contribution is 0.162. The number of aromatic nitrogens is 2. The van der Waals surface area contributed by atoms with Crippen LogP contribution in [0.25, 0.3) is 5.69 Å². The number of hydrogen-bond acceptors (Lipinski definition) is 3. The Balaban J connectivity index is 1.44. The molecule has 4 rings (SSSR count). The first kappa shape index (κ1) is 16.7. The molecule has 4 nitrogen and oxygen atoms in total. The molecule has 134 valence electrons. The number of fused-ring (bicyclic) bond motifs is 1. The van der Waals surface area contributed by atoms with Crippen molar-refractivity contribution in [2.24, 2.45) is 0 Å². The van der Waals surface area contributed by atoms with E-state index in [1.54, 1.807) is 23.0 Å². The van der Waals surface area contributed by atoms with Gasteiger partial charge in [0.2, 0.25) is 0 Å². The van der Waals surface area contributed by atoms with Crippen molar-refractivity contribution in [3.8, 4) is 5.69 Å². The van der Waals surface area contributed by atoms with Crippen molar-refractivity contribution >= 4 is 0 Å². The first-order chi connectivity index (χ1) is 12.1. The summed E-state index contributed by atoms with van der Waals surface area (Å²) in [6.45, 7) is 6.49. The largest absolute Gasteiger partial charge is 0.307 e. The van der Waals surface area contributed by atoms with Crippen molar-refractivity contribution in [3.63, 3.8) is 0 Å². The molecule has 0 saturated carbocycles. The molecule has 1 N–H and O–H groups in total. The second kappa shape index (κ2) is 6.89. The molecule has 2 aromatic rings. The summed E-state index contributed by atoms with van der Waals surface area (Å²) in [7, 11) is 0. The number of nitrogens with one attached hydrogen (secondary N) is 1. The molecule has 25 heavy (non-hydrogen) atoms. The number of benzene rings is 1. The van der Waals surface area contributed by atoms with Crippen LogP contribution in [0, 0.1) is 12.7 Å². The fourth-order valence-electron chi connectivity index (χ4n) is 4.45. The second-order valence-electron chi connectivity index (χ2n) is 7.50. The first-order valence-corrected chi connectivity index (χ1v) is 9.41. The zero-order valence-corrected chi connectivity index (χ0v) is 15.1. The third kappa shape index (κ3) is 3.35. The summed E-state index contributed by atoms with van der Waals surface area (Å²) in [6.07, 6.45) is 8.58. The SMILES string of the molecule is Cc1nccn1-c1ccc([C@@H](C)N[C@@H]2CCN3CCC[C@@H]3C2)cc1F. The van der Waals surface area contributed by atoms with E-state index in [0.29, 0.717) is 11.7 Å². The van der Waals surface area contributed by atoms with Crippen molar-refractivity contribution in [1.82, 2.24) is 19.8 Å². The molecule has 2 fully saturated rings.